The first-order valence-electron chi connectivity index (χ1n) is 6.06. The molecule has 1 fully saturated rings. The van der Waals surface area contributed by atoms with E-state index in [1.54, 1.807) is 6.92 Å². The Labute approximate surface area is 114 Å². The number of carbonyl (C=O) groups is 2. The summed E-state index contributed by atoms with van der Waals surface area (Å²) in [5.74, 6) is -1.59. The molecule has 0 radical (unpaired) electrons. The Bertz CT molecular complexity index is 586. The lowest BCUT2D eigenvalue weighted by molar-refractivity contribution is -0.385. The largest absolute Gasteiger partial charge is 0.480 e. The van der Waals surface area contributed by atoms with E-state index in [9.17, 15) is 19.7 Å². The van der Waals surface area contributed by atoms with E-state index in [0.717, 1.165) is 12.3 Å². The van der Waals surface area contributed by atoms with E-state index in [1.165, 1.54) is 4.90 Å². The molecular weight excluding hydrogens is 266 g/mol. The molecule has 0 unspecified atom stereocenters. The van der Waals surface area contributed by atoms with Crippen LogP contribution in [0.4, 0.5) is 5.69 Å². The van der Waals surface area contributed by atoms with Gasteiger partial charge in [0.1, 0.15) is 12.2 Å². The molecule has 0 bridgehead atoms. The minimum Gasteiger partial charge on any atom is -0.480 e. The van der Waals surface area contributed by atoms with Gasteiger partial charge >= 0.3 is 5.97 Å². The molecule has 1 atom stereocenters. The van der Waals surface area contributed by atoms with Gasteiger partial charge in [-0.1, -0.05) is 0 Å². The maximum Gasteiger partial charge on any atom is 0.326 e. The lowest BCUT2D eigenvalue weighted by Crippen LogP contribution is -2.40. The number of pyridine rings is 1. The van der Waals surface area contributed by atoms with Crippen molar-refractivity contribution in [3.05, 3.63) is 33.6 Å². The summed E-state index contributed by atoms with van der Waals surface area (Å²) >= 11 is 0. The van der Waals surface area contributed by atoms with Crippen LogP contribution in [0.25, 0.3) is 0 Å². The Morgan fingerprint density at radius 1 is 1.55 bits per heavy atom. The average Bonchev–Trinajstić information content (AvgIpc) is 2.87. The van der Waals surface area contributed by atoms with Gasteiger partial charge in [0.05, 0.1) is 16.2 Å². The number of hydrogen-bond acceptors (Lipinski definition) is 5. The van der Waals surface area contributed by atoms with Crippen LogP contribution < -0.4 is 0 Å². The third kappa shape index (κ3) is 2.44. The number of hydrogen-bond donors (Lipinski definition) is 1. The van der Waals surface area contributed by atoms with Crippen LogP contribution in [-0.2, 0) is 4.79 Å². The van der Waals surface area contributed by atoms with Crippen LogP contribution in [0.5, 0.6) is 0 Å². The van der Waals surface area contributed by atoms with E-state index in [1.807, 2.05) is 0 Å². The third-order valence-corrected chi connectivity index (χ3v) is 3.31. The van der Waals surface area contributed by atoms with Gasteiger partial charge in [0.15, 0.2) is 0 Å². The number of carboxylic acids is 1. The van der Waals surface area contributed by atoms with Crippen molar-refractivity contribution in [2.75, 3.05) is 6.54 Å². The summed E-state index contributed by atoms with van der Waals surface area (Å²) in [4.78, 5) is 38.6. The Morgan fingerprint density at radius 3 is 2.85 bits per heavy atom. The molecule has 1 saturated heterocycles. The minimum absolute atomic E-state index is 0.0763. The maximum atomic E-state index is 12.4. The smallest absolute Gasteiger partial charge is 0.326 e. The van der Waals surface area contributed by atoms with Crippen molar-refractivity contribution in [2.24, 2.45) is 0 Å². The summed E-state index contributed by atoms with van der Waals surface area (Å²) in [5, 5.41) is 19.8. The average molecular weight is 279 g/mol. The molecule has 1 aliphatic heterocycles. The Balaban J connectivity index is 2.35. The lowest BCUT2D eigenvalue weighted by atomic mass is 10.1. The van der Waals surface area contributed by atoms with E-state index in [4.69, 9.17) is 5.11 Å². The van der Waals surface area contributed by atoms with Crippen LogP contribution in [0.3, 0.4) is 0 Å². The zero-order valence-electron chi connectivity index (χ0n) is 10.8. The van der Waals surface area contributed by atoms with Crippen molar-refractivity contribution >= 4 is 17.6 Å². The van der Waals surface area contributed by atoms with Gasteiger partial charge in [-0.3, -0.25) is 19.9 Å². The van der Waals surface area contributed by atoms with Gasteiger partial charge in [-0.25, -0.2) is 4.79 Å². The Morgan fingerprint density at radius 2 is 2.25 bits per heavy atom. The summed E-state index contributed by atoms with van der Waals surface area (Å²) in [6.45, 7) is 1.89. The van der Waals surface area contributed by atoms with Crippen molar-refractivity contribution in [3.8, 4) is 0 Å². The number of amides is 1. The second-order valence-corrected chi connectivity index (χ2v) is 4.58. The van der Waals surface area contributed by atoms with Gasteiger partial charge in [-0.15, -0.1) is 0 Å². The number of aromatic nitrogens is 1. The summed E-state index contributed by atoms with van der Waals surface area (Å²) in [6, 6.07) is 0.267. The highest BCUT2D eigenvalue weighted by Crippen LogP contribution is 2.23. The molecule has 2 heterocycles. The van der Waals surface area contributed by atoms with Crippen molar-refractivity contribution in [1.82, 2.24) is 9.88 Å². The van der Waals surface area contributed by atoms with Gasteiger partial charge in [-0.05, 0) is 19.8 Å². The molecule has 1 aliphatic rings. The van der Waals surface area contributed by atoms with Crippen molar-refractivity contribution in [3.63, 3.8) is 0 Å². The summed E-state index contributed by atoms with van der Waals surface area (Å²) in [6.07, 6.45) is 2.07. The minimum atomic E-state index is -1.06. The molecule has 1 amide bonds. The highest BCUT2D eigenvalue weighted by Gasteiger charge is 2.35. The molecule has 1 aromatic heterocycles. The quantitative estimate of drug-likeness (QED) is 0.651. The second kappa shape index (κ2) is 5.24. The van der Waals surface area contributed by atoms with E-state index >= 15 is 0 Å². The van der Waals surface area contributed by atoms with Crippen LogP contribution in [0, 0.1) is 17.0 Å². The highest BCUT2D eigenvalue weighted by atomic mass is 16.6. The van der Waals surface area contributed by atoms with E-state index in [2.05, 4.69) is 4.98 Å². The van der Waals surface area contributed by atoms with Gasteiger partial charge in [0.25, 0.3) is 11.6 Å². The van der Waals surface area contributed by atoms with Crippen LogP contribution in [0.15, 0.2) is 12.3 Å². The zero-order chi connectivity index (χ0) is 14.9. The van der Waals surface area contributed by atoms with Crippen LogP contribution in [0.1, 0.15) is 28.9 Å². The van der Waals surface area contributed by atoms with Gasteiger partial charge in [0.2, 0.25) is 0 Å². The first-order valence-corrected chi connectivity index (χ1v) is 6.06. The summed E-state index contributed by atoms with van der Waals surface area (Å²) in [5.41, 5.74) is 0.133. The predicted octanol–water partition coefficient (Wildman–Crippen LogP) is 0.987. The summed E-state index contributed by atoms with van der Waals surface area (Å²) in [7, 11) is 0. The van der Waals surface area contributed by atoms with E-state index < -0.39 is 22.8 Å². The van der Waals surface area contributed by atoms with Crippen molar-refractivity contribution < 1.29 is 19.6 Å². The van der Waals surface area contributed by atoms with Crippen molar-refractivity contribution in [1.29, 1.82) is 0 Å². The fraction of sp³-hybridized carbons (Fsp3) is 0.417. The predicted molar refractivity (Wildman–Crippen MR) is 67.3 cm³/mol. The van der Waals surface area contributed by atoms with Gasteiger partial charge < -0.3 is 10.0 Å². The third-order valence-electron chi connectivity index (χ3n) is 3.31. The normalized spacial score (nSPS) is 18.1. The number of nitrogens with zero attached hydrogens (tertiary/aromatic N) is 3. The highest BCUT2D eigenvalue weighted by molar-refractivity contribution is 5.98. The molecule has 0 aliphatic carbocycles. The standard InChI is InChI=1S/C12H13N3O5/c1-7-9(5-8(6-13-7)15(19)20)11(16)14-4-2-3-10(14)12(17)18/h5-6,10H,2-4H2,1H3,(H,17,18)/t10-/m1/s1. The van der Waals surface area contributed by atoms with Crippen LogP contribution in [-0.4, -0.2) is 44.4 Å². The molecule has 20 heavy (non-hydrogen) atoms. The summed E-state index contributed by atoms with van der Waals surface area (Å²) < 4.78 is 0. The molecule has 0 spiro atoms. The SMILES string of the molecule is Cc1ncc([N+](=O)[O-])cc1C(=O)N1CCC[C@@H]1C(=O)O. The Kier molecular flexibility index (Phi) is 3.64. The zero-order valence-corrected chi connectivity index (χ0v) is 10.8. The molecule has 1 N–H and O–H groups in total. The molecule has 0 aromatic carbocycles. The monoisotopic (exact) mass is 279 g/mol. The molecular formula is C12H13N3O5. The van der Waals surface area contributed by atoms with Crippen molar-refractivity contribution in [2.45, 2.75) is 25.8 Å². The molecule has 8 heteroatoms. The fourth-order valence-corrected chi connectivity index (χ4v) is 2.26. The van der Waals surface area contributed by atoms with E-state index in [-0.39, 0.29) is 11.3 Å². The number of nitro groups is 1. The first-order chi connectivity index (χ1) is 9.41. The molecule has 106 valence electrons. The second-order valence-electron chi connectivity index (χ2n) is 4.58. The number of aliphatic carboxylic acids is 1. The number of likely N-dealkylation sites (tertiary alicyclic amines) is 1. The molecule has 1 aromatic rings. The van der Waals surface area contributed by atoms with Crippen LogP contribution in [0.2, 0.25) is 0 Å². The number of carbonyl (C=O) groups excluding carboxylic acids is 1. The fourth-order valence-electron chi connectivity index (χ4n) is 2.26. The molecule has 8 nitrogen and oxygen atoms in total. The van der Waals surface area contributed by atoms with Gasteiger partial charge in [-0.2, -0.15) is 0 Å². The number of carboxylic acid groups (broad SMARTS) is 1. The number of aryl methyl sites for hydroxylation is 1. The lowest BCUT2D eigenvalue weighted by Gasteiger charge is -2.21. The maximum absolute atomic E-state index is 12.4. The van der Waals surface area contributed by atoms with E-state index in [0.29, 0.717) is 25.1 Å². The number of rotatable bonds is 3. The topological polar surface area (TPSA) is 114 Å². The van der Waals surface area contributed by atoms with Gasteiger partial charge in [0, 0.05) is 12.6 Å². The Hall–Kier alpha value is -2.51. The molecule has 0 saturated carbocycles. The van der Waals surface area contributed by atoms with Crippen LogP contribution >= 0.6 is 0 Å². The first kappa shape index (κ1) is 13.9. The molecule has 2 rings (SSSR count).